The predicted molar refractivity (Wildman–Crippen MR) is 75.5 cm³/mol. The lowest BCUT2D eigenvalue weighted by Gasteiger charge is -2.29. The van der Waals surface area contributed by atoms with Gasteiger partial charge in [0.25, 0.3) is 0 Å². The van der Waals surface area contributed by atoms with E-state index in [4.69, 9.17) is 5.73 Å². The van der Waals surface area contributed by atoms with Crippen molar-refractivity contribution in [3.05, 3.63) is 0 Å². The molecule has 1 saturated heterocycles. The van der Waals surface area contributed by atoms with E-state index in [0.29, 0.717) is 12.3 Å². The zero-order valence-corrected chi connectivity index (χ0v) is 12.3. The second kappa shape index (κ2) is 7.48. The molecule has 0 aliphatic carbocycles. The van der Waals surface area contributed by atoms with Crippen LogP contribution in [0, 0.1) is 5.92 Å². The second-order valence-corrected chi connectivity index (χ2v) is 5.85. The van der Waals surface area contributed by atoms with Crippen molar-refractivity contribution < 1.29 is 9.59 Å². The molecule has 1 fully saturated rings. The fourth-order valence-electron chi connectivity index (χ4n) is 2.39. The Labute approximate surface area is 115 Å². The quantitative estimate of drug-likeness (QED) is 0.778. The molecule has 2 amide bonds. The molecule has 1 aliphatic rings. The predicted octanol–water partition coefficient (Wildman–Crippen LogP) is 0.877. The average molecular weight is 269 g/mol. The number of carbonyl (C=O) groups is 2. The van der Waals surface area contributed by atoms with Gasteiger partial charge in [0.1, 0.15) is 6.04 Å². The number of nitrogens with one attached hydrogen (secondary N) is 1. The summed E-state index contributed by atoms with van der Waals surface area (Å²) in [6.07, 6.45) is 3.93. The first-order valence-electron chi connectivity index (χ1n) is 7.26. The van der Waals surface area contributed by atoms with E-state index in [1.165, 1.54) is 6.42 Å². The summed E-state index contributed by atoms with van der Waals surface area (Å²) in [4.78, 5) is 25.9. The van der Waals surface area contributed by atoms with E-state index >= 15 is 0 Å². The van der Waals surface area contributed by atoms with Crippen LogP contribution >= 0.6 is 0 Å². The van der Waals surface area contributed by atoms with Gasteiger partial charge < -0.3 is 16.0 Å². The van der Waals surface area contributed by atoms with Crippen LogP contribution in [0.4, 0.5) is 0 Å². The fourth-order valence-corrected chi connectivity index (χ4v) is 2.39. The minimum absolute atomic E-state index is 0.00444. The summed E-state index contributed by atoms with van der Waals surface area (Å²) in [7, 11) is 0. The van der Waals surface area contributed by atoms with E-state index < -0.39 is 12.1 Å². The highest BCUT2D eigenvalue weighted by atomic mass is 16.2. The number of carbonyl (C=O) groups excluding carboxylic acids is 2. The summed E-state index contributed by atoms with van der Waals surface area (Å²) in [5.41, 5.74) is 5.81. The van der Waals surface area contributed by atoms with Crippen molar-refractivity contribution in [3.63, 3.8) is 0 Å². The van der Waals surface area contributed by atoms with Crippen molar-refractivity contribution in [1.29, 1.82) is 0 Å². The third kappa shape index (κ3) is 5.19. The van der Waals surface area contributed by atoms with Crippen LogP contribution in [0.15, 0.2) is 0 Å². The smallest absolute Gasteiger partial charge is 0.244 e. The Morgan fingerprint density at radius 3 is 2.26 bits per heavy atom. The molecule has 3 N–H and O–H groups in total. The van der Waals surface area contributed by atoms with Crippen molar-refractivity contribution in [2.24, 2.45) is 11.7 Å². The van der Waals surface area contributed by atoms with Crippen molar-refractivity contribution in [2.75, 3.05) is 13.1 Å². The standard InChI is InChI=1S/C14H27N3O2/c1-10(2)9-12(15)13(18)16-11(3)14(19)17-7-5-4-6-8-17/h10-12H,4-9,15H2,1-3H3,(H,16,18)/t11?,12-/m0/s1. The number of likely N-dealkylation sites (tertiary alicyclic amines) is 1. The Kier molecular flexibility index (Phi) is 6.28. The van der Waals surface area contributed by atoms with Crippen LogP contribution in [0.25, 0.3) is 0 Å². The van der Waals surface area contributed by atoms with Gasteiger partial charge in [0, 0.05) is 13.1 Å². The molecule has 0 bridgehead atoms. The summed E-state index contributed by atoms with van der Waals surface area (Å²) in [6, 6.07) is -1.01. The van der Waals surface area contributed by atoms with E-state index in [1.54, 1.807) is 6.92 Å². The van der Waals surface area contributed by atoms with Gasteiger partial charge in [0.05, 0.1) is 6.04 Å². The third-order valence-electron chi connectivity index (χ3n) is 3.46. The summed E-state index contributed by atoms with van der Waals surface area (Å²) in [5.74, 6) is 0.144. The Morgan fingerprint density at radius 2 is 1.74 bits per heavy atom. The molecule has 5 nitrogen and oxygen atoms in total. The molecule has 0 spiro atoms. The molecule has 0 radical (unpaired) electrons. The molecule has 0 aromatic rings. The summed E-state index contributed by atoms with van der Waals surface area (Å²) >= 11 is 0. The Morgan fingerprint density at radius 1 is 1.16 bits per heavy atom. The molecular weight excluding hydrogens is 242 g/mol. The third-order valence-corrected chi connectivity index (χ3v) is 3.46. The molecule has 1 unspecified atom stereocenters. The van der Waals surface area contributed by atoms with E-state index in [9.17, 15) is 9.59 Å². The SMILES string of the molecule is CC(C)C[C@H](N)C(=O)NC(C)C(=O)N1CCCCC1. The maximum atomic E-state index is 12.1. The van der Waals surface area contributed by atoms with Crippen LogP contribution in [-0.4, -0.2) is 41.9 Å². The molecule has 19 heavy (non-hydrogen) atoms. The molecule has 110 valence electrons. The molecule has 1 rings (SSSR count). The number of hydrogen-bond donors (Lipinski definition) is 2. The highest BCUT2D eigenvalue weighted by Crippen LogP contribution is 2.10. The van der Waals surface area contributed by atoms with Crippen LogP contribution in [0.3, 0.4) is 0 Å². The molecule has 1 aliphatic heterocycles. The number of hydrogen-bond acceptors (Lipinski definition) is 3. The zero-order valence-electron chi connectivity index (χ0n) is 12.3. The van der Waals surface area contributed by atoms with Crippen LogP contribution in [0.2, 0.25) is 0 Å². The van der Waals surface area contributed by atoms with Gasteiger partial charge in [-0.2, -0.15) is 0 Å². The normalized spacial score (nSPS) is 19.1. The van der Waals surface area contributed by atoms with Gasteiger partial charge >= 0.3 is 0 Å². The zero-order chi connectivity index (χ0) is 14.4. The van der Waals surface area contributed by atoms with Gasteiger partial charge in [-0.3, -0.25) is 9.59 Å². The molecule has 1 heterocycles. The first kappa shape index (κ1) is 16.0. The first-order valence-corrected chi connectivity index (χ1v) is 7.26. The highest BCUT2D eigenvalue weighted by Gasteiger charge is 2.25. The highest BCUT2D eigenvalue weighted by molar-refractivity contribution is 5.89. The van der Waals surface area contributed by atoms with Gasteiger partial charge in [-0.05, 0) is 38.5 Å². The van der Waals surface area contributed by atoms with Gasteiger partial charge in [0.15, 0.2) is 0 Å². The van der Waals surface area contributed by atoms with Gasteiger partial charge in [-0.25, -0.2) is 0 Å². The number of nitrogens with zero attached hydrogens (tertiary/aromatic N) is 1. The topological polar surface area (TPSA) is 75.4 Å². The molecule has 0 aromatic heterocycles. The maximum absolute atomic E-state index is 12.1. The molecular formula is C14H27N3O2. The number of amides is 2. The second-order valence-electron chi connectivity index (χ2n) is 5.85. The largest absolute Gasteiger partial charge is 0.343 e. The van der Waals surface area contributed by atoms with Crippen molar-refractivity contribution in [1.82, 2.24) is 10.2 Å². The average Bonchev–Trinajstić information content (AvgIpc) is 2.37. The Bertz CT molecular complexity index is 312. The van der Waals surface area contributed by atoms with Gasteiger partial charge in [0.2, 0.25) is 11.8 Å². The van der Waals surface area contributed by atoms with Gasteiger partial charge in [-0.15, -0.1) is 0 Å². The van der Waals surface area contributed by atoms with E-state index in [0.717, 1.165) is 25.9 Å². The lowest BCUT2D eigenvalue weighted by atomic mass is 10.0. The molecule has 0 saturated carbocycles. The van der Waals surface area contributed by atoms with Crippen molar-refractivity contribution in [3.8, 4) is 0 Å². The van der Waals surface area contributed by atoms with Crippen LogP contribution < -0.4 is 11.1 Å². The molecule has 5 heteroatoms. The summed E-state index contributed by atoms with van der Waals surface area (Å²) < 4.78 is 0. The molecule has 2 atom stereocenters. The van der Waals surface area contributed by atoms with Crippen LogP contribution in [-0.2, 0) is 9.59 Å². The lowest BCUT2D eigenvalue weighted by molar-refractivity contribution is -0.137. The monoisotopic (exact) mass is 269 g/mol. The Hall–Kier alpha value is -1.10. The Balaban J connectivity index is 2.42. The summed E-state index contributed by atoms with van der Waals surface area (Å²) in [5, 5.41) is 2.73. The van der Waals surface area contributed by atoms with Crippen LogP contribution in [0.1, 0.15) is 46.5 Å². The fraction of sp³-hybridized carbons (Fsp3) is 0.857. The first-order chi connectivity index (χ1) is 8.91. The minimum Gasteiger partial charge on any atom is -0.343 e. The van der Waals surface area contributed by atoms with Gasteiger partial charge in [-0.1, -0.05) is 13.8 Å². The number of rotatable bonds is 5. The minimum atomic E-state index is -0.531. The van der Waals surface area contributed by atoms with Crippen molar-refractivity contribution in [2.45, 2.75) is 58.5 Å². The van der Waals surface area contributed by atoms with Crippen molar-refractivity contribution >= 4 is 11.8 Å². The molecule has 0 aromatic carbocycles. The summed E-state index contributed by atoms with van der Waals surface area (Å²) in [6.45, 7) is 7.38. The number of nitrogens with two attached hydrogens (primary N) is 1. The van der Waals surface area contributed by atoms with E-state index in [-0.39, 0.29) is 11.8 Å². The lowest BCUT2D eigenvalue weighted by Crippen LogP contribution is -2.52. The number of piperidine rings is 1. The van der Waals surface area contributed by atoms with E-state index in [1.807, 2.05) is 18.7 Å². The van der Waals surface area contributed by atoms with E-state index in [2.05, 4.69) is 5.32 Å². The van der Waals surface area contributed by atoms with Crippen LogP contribution in [0.5, 0.6) is 0 Å². The maximum Gasteiger partial charge on any atom is 0.244 e.